The van der Waals surface area contributed by atoms with E-state index in [1.165, 1.54) is 16.8 Å². The van der Waals surface area contributed by atoms with E-state index >= 15 is 0 Å². The summed E-state index contributed by atoms with van der Waals surface area (Å²) in [5.41, 5.74) is 0.586. The van der Waals surface area contributed by atoms with Gasteiger partial charge in [-0.1, -0.05) is 13.0 Å². The molecule has 1 atom stereocenters. The van der Waals surface area contributed by atoms with Gasteiger partial charge in [-0.15, -0.1) is 5.10 Å². The first-order chi connectivity index (χ1) is 9.63. The first-order valence-corrected chi connectivity index (χ1v) is 6.40. The van der Waals surface area contributed by atoms with Gasteiger partial charge in [-0.2, -0.15) is 4.68 Å². The molecule has 0 spiro atoms. The summed E-state index contributed by atoms with van der Waals surface area (Å²) >= 11 is 0. The number of hydrogen-bond acceptors (Lipinski definition) is 6. The van der Waals surface area contributed by atoms with E-state index < -0.39 is 4.92 Å². The molecule has 0 amide bonds. The monoisotopic (exact) mass is 276 g/mol. The minimum atomic E-state index is -0.438. The molecule has 106 valence electrons. The largest absolute Gasteiger partial charge is 0.307 e. The molecule has 2 aromatic rings. The summed E-state index contributed by atoms with van der Waals surface area (Å²) < 4.78 is 1.51. The Balaban J connectivity index is 2.32. The second kappa shape index (κ2) is 6.20. The number of aromatic nitrogens is 4. The van der Waals surface area contributed by atoms with Crippen LogP contribution in [0.4, 0.5) is 5.69 Å². The summed E-state index contributed by atoms with van der Waals surface area (Å²) in [6, 6.07) is 6.20. The summed E-state index contributed by atoms with van der Waals surface area (Å²) in [7, 11) is 0. The van der Waals surface area contributed by atoms with Crippen LogP contribution in [0.5, 0.6) is 0 Å². The molecule has 1 unspecified atom stereocenters. The van der Waals surface area contributed by atoms with Crippen molar-refractivity contribution in [3.63, 3.8) is 0 Å². The van der Waals surface area contributed by atoms with Crippen LogP contribution in [-0.2, 0) is 0 Å². The maximum atomic E-state index is 10.8. The first kappa shape index (κ1) is 14.1. The Bertz CT molecular complexity index is 597. The van der Waals surface area contributed by atoms with Crippen molar-refractivity contribution in [3.05, 3.63) is 40.2 Å². The molecule has 0 aliphatic heterocycles. The third-order valence-corrected chi connectivity index (χ3v) is 2.87. The number of rotatable bonds is 6. The van der Waals surface area contributed by atoms with Gasteiger partial charge >= 0.3 is 0 Å². The van der Waals surface area contributed by atoms with Gasteiger partial charge in [-0.3, -0.25) is 10.1 Å². The Morgan fingerprint density at radius 1 is 1.50 bits per heavy atom. The fourth-order valence-corrected chi connectivity index (χ4v) is 1.84. The van der Waals surface area contributed by atoms with Crippen molar-refractivity contribution in [2.75, 3.05) is 6.54 Å². The standard InChI is InChI=1S/C12H16N6O2/c1-3-7-13-9(2)12-14-15-16-17(12)10-5-4-6-11(8-10)18(19)20/h4-6,8-9,13H,3,7H2,1-2H3. The van der Waals surface area contributed by atoms with E-state index in [0.29, 0.717) is 11.5 Å². The smallest absolute Gasteiger partial charge is 0.271 e. The molecule has 20 heavy (non-hydrogen) atoms. The van der Waals surface area contributed by atoms with E-state index in [1.54, 1.807) is 12.1 Å². The number of hydrogen-bond donors (Lipinski definition) is 1. The minimum absolute atomic E-state index is 0.0121. The molecule has 1 N–H and O–H groups in total. The molecule has 0 radical (unpaired) electrons. The molecule has 0 saturated heterocycles. The first-order valence-electron chi connectivity index (χ1n) is 6.40. The Kier molecular flexibility index (Phi) is 4.36. The van der Waals surface area contributed by atoms with E-state index in [9.17, 15) is 10.1 Å². The molecule has 0 bridgehead atoms. The summed E-state index contributed by atoms with van der Waals surface area (Å²) in [4.78, 5) is 10.4. The Hall–Kier alpha value is -2.35. The fraction of sp³-hybridized carbons (Fsp3) is 0.417. The number of nitrogens with one attached hydrogen (secondary N) is 1. The molecular weight excluding hydrogens is 260 g/mol. The van der Waals surface area contributed by atoms with Crippen molar-refractivity contribution in [1.29, 1.82) is 0 Å². The van der Waals surface area contributed by atoms with Crippen LogP contribution in [-0.4, -0.2) is 31.7 Å². The summed E-state index contributed by atoms with van der Waals surface area (Å²) in [5, 5.41) is 25.7. The number of tetrazole rings is 1. The highest BCUT2D eigenvalue weighted by Gasteiger charge is 2.16. The van der Waals surface area contributed by atoms with Gasteiger partial charge in [-0.05, 0) is 36.4 Å². The van der Waals surface area contributed by atoms with E-state index in [-0.39, 0.29) is 11.7 Å². The van der Waals surface area contributed by atoms with Crippen molar-refractivity contribution in [3.8, 4) is 5.69 Å². The lowest BCUT2D eigenvalue weighted by Gasteiger charge is -2.12. The van der Waals surface area contributed by atoms with Gasteiger partial charge in [0.15, 0.2) is 5.82 Å². The van der Waals surface area contributed by atoms with E-state index in [4.69, 9.17) is 0 Å². The molecule has 0 aliphatic carbocycles. The zero-order chi connectivity index (χ0) is 14.5. The number of nitrogens with zero attached hydrogens (tertiary/aromatic N) is 5. The predicted molar refractivity (Wildman–Crippen MR) is 72.5 cm³/mol. The van der Waals surface area contributed by atoms with E-state index in [1.807, 2.05) is 6.92 Å². The van der Waals surface area contributed by atoms with Gasteiger partial charge in [0.1, 0.15) is 0 Å². The average Bonchev–Trinajstić information content (AvgIpc) is 2.94. The maximum absolute atomic E-state index is 10.8. The third-order valence-electron chi connectivity index (χ3n) is 2.87. The molecular formula is C12H16N6O2. The third kappa shape index (κ3) is 2.97. The van der Waals surface area contributed by atoms with Crippen LogP contribution in [0.25, 0.3) is 5.69 Å². The molecule has 0 fully saturated rings. The highest BCUT2D eigenvalue weighted by atomic mass is 16.6. The lowest BCUT2D eigenvalue weighted by molar-refractivity contribution is -0.384. The van der Waals surface area contributed by atoms with Crippen LogP contribution >= 0.6 is 0 Å². The van der Waals surface area contributed by atoms with Crippen molar-refractivity contribution in [2.45, 2.75) is 26.3 Å². The Morgan fingerprint density at radius 3 is 3.00 bits per heavy atom. The van der Waals surface area contributed by atoms with Crippen molar-refractivity contribution >= 4 is 5.69 Å². The van der Waals surface area contributed by atoms with Gasteiger partial charge in [-0.25, -0.2) is 0 Å². The van der Waals surface area contributed by atoms with Crippen molar-refractivity contribution in [2.24, 2.45) is 0 Å². The van der Waals surface area contributed by atoms with Crippen LogP contribution in [0.15, 0.2) is 24.3 Å². The van der Waals surface area contributed by atoms with Crippen LogP contribution in [0.2, 0.25) is 0 Å². The van der Waals surface area contributed by atoms with Gasteiger partial charge < -0.3 is 5.32 Å². The molecule has 0 saturated carbocycles. The summed E-state index contributed by atoms with van der Waals surface area (Å²) in [5.74, 6) is 0.624. The maximum Gasteiger partial charge on any atom is 0.271 e. The van der Waals surface area contributed by atoms with Gasteiger partial charge in [0.2, 0.25) is 0 Å². The normalized spacial score (nSPS) is 12.3. The molecule has 2 rings (SSSR count). The number of nitro benzene ring substituents is 1. The molecule has 0 aliphatic rings. The van der Waals surface area contributed by atoms with Crippen LogP contribution in [0.1, 0.15) is 32.1 Å². The van der Waals surface area contributed by atoms with Gasteiger partial charge in [0.25, 0.3) is 5.69 Å². The lowest BCUT2D eigenvalue weighted by Crippen LogP contribution is -2.22. The Morgan fingerprint density at radius 2 is 2.30 bits per heavy atom. The zero-order valence-corrected chi connectivity index (χ0v) is 11.4. The Labute approximate surface area is 115 Å². The molecule has 1 aromatic carbocycles. The van der Waals surface area contributed by atoms with Crippen LogP contribution in [0, 0.1) is 10.1 Å². The van der Waals surface area contributed by atoms with Crippen molar-refractivity contribution in [1.82, 2.24) is 25.5 Å². The SMILES string of the molecule is CCCNC(C)c1nnnn1-c1cccc([N+](=O)[O-])c1. The topological polar surface area (TPSA) is 98.8 Å². The highest BCUT2D eigenvalue weighted by molar-refractivity contribution is 5.42. The van der Waals surface area contributed by atoms with Crippen LogP contribution < -0.4 is 5.32 Å². The number of non-ortho nitro benzene ring substituents is 1. The molecule has 1 aromatic heterocycles. The minimum Gasteiger partial charge on any atom is -0.307 e. The number of benzene rings is 1. The fourth-order valence-electron chi connectivity index (χ4n) is 1.84. The average molecular weight is 276 g/mol. The second-order valence-corrected chi connectivity index (χ2v) is 4.40. The molecule has 8 nitrogen and oxygen atoms in total. The zero-order valence-electron chi connectivity index (χ0n) is 11.4. The molecule has 1 heterocycles. The molecule has 8 heteroatoms. The quantitative estimate of drug-likeness (QED) is 0.636. The van der Waals surface area contributed by atoms with Crippen LogP contribution in [0.3, 0.4) is 0 Å². The highest BCUT2D eigenvalue weighted by Crippen LogP contribution is 2.18. The van der Waals surface area contributed by atoms with Crippen molar-refractivity contribution < 1.29 is 4.92 Å². The van der Waals surface area contributed by atoms with Gasteiger partial charge in [0.05, 0.1) is 16.7 Å². The van der Waals surface area contributed by atoms with E-state index in [0.717, 1.165) is 13.0 Å². The lowest BCUT2D eigenvalue weighted by atomic mass is 10.2. The number of nitro groups is 1. The van der Waals surface area contributed by atoms with Gasteiger partial charge in [0, 0.05) is 12.1 Å². The summed E-state index contributed by atoms with van der Waals surface area (Å²) in [6.45, 7) is 4.88. The van der Waals surface area contributed by atoms with E-state index in [2.05, 4.69) is 27.8 Å². The second-order valence-electron chi connectivity index (χ2n) is 4.40. The predicted octanol–water partition coefficient (Wildman–Crippen LogP) is 1.63. The summed E-state index contributed by atoms with van der Waals surface area (Å²) in [6.07, 6.45) is 1.00.